The molecule has 0 unspecified atom stereocenters. The van der Waals surface area contributed by atoms with Crippen LogP contribution in [0.15, 0.2) is 31.4 Å². The predicted octanol–water partition coefficient (Wildman–Crippen LogP) is 3.37. The fourth-order valence-corrected chi connectivity index (χ4v) is 3.40. The van der Waals surface area contributed by atoms with Gasteiger partial charge < -0.3 is 10.3 Å². The summed E-state index contributed by atoms with van der Waals surface area (Å²) >= 11 is 8.29. The molecule has 90 valence electrons. The number of nitrogen functional groups attached to an aromatic ring is 1. The molecule has 6 heteroatoms. The molecule has 2 N–H and O–H groups in total. The minimum Gasteiger partial charge on any atom is -0.397 e. The summed E-state index contributed by atoms with van der Waals surface area (Å²) in [6.07, 6.45) is 1.69. The highest BCUT2D eigenvalue weighted by atomic mass is 79.9. The number of anilines is 1. The highest BCUT2D eigenvalue weighted by Crippen LogP contribution is 2.23. The van der Waals surface area contributed by atoms with Gasteiger partial charge in [0.05, 0.1) is 20.5 Å². The lowest BCUT2D eigenvalue weighted by atomic mass is 10.2. The Kier molecular flexibility index (Phi) is 3.75. The van der Waals surface area contributed by atoms with Crippen molar-refractivity contribution in [3.8, 4) is 0 Å². The van der Waals surface area contributed by atoms with Gasteiger partial charge in [0, 0.05) is 11.1 Å². The molecule has 0 fully saturated rings. The maximum absolute atomic E-state index is 12.0. The van der Waals surface area contributed by atoms with Gasteiger partial charge in [-0.15, -0.1) is 11.3 Å². The Balaban J connectivity index is 2.43. The third-order valence-corrected chi connectivity index (χ3v) is 5.00. The molecule has 0 radical (unpaired) electrons. The second-order valence-corrected chi connectivity index (χ2v) is 7.00. The van der Waals surface area contributed by atoms with E-state index in [1.807, 2.05) is 19.1 Å². The largest absolute Gasteiger partial charge is 0.397 e. The lowest BCUT2D eigenvalue weighted by molar-refractivity contribution is 0.765. The van der Waals surface area contributed by atoms with Crippen LogP contribution in [0.1, 0.15) is 10.4 Å². The van der Waals surface area contributed by atoms with Crippen LogP contribution in [0.25, 0.3) is 0 Å². The van der Waals surface area contributed by atoms with Crippen molar-refractivity contribution in [3.63, 3.8) is 0 Å². The first-order valence-electron chi connectivity index (χ1n) is 4.88. The third-order valence-electron chi connectivity index (χ3n) is 2.46. The Morgan fingerprint density at radius 3 is 2.71 bits per heavy atom. The van der Waals surface area contributed by atoms with Crippen LogP contribution in [0.3, 0.4) is 0 Å². The molecule has 17 heavy (non-hydrogen) atoms. The minimum absolute atomic E-state index is 0.0544. The topological polar surface area (TPSA) is 48.0 Å². The number of nitrogens with zero attached hydrogens (tertiary/aromatic N) is 1. The van der Waals surface area contributed by atoms with Crippen LogP contribution in [0.5, 0.6) is 0 Å². The molecule has 3 nitrogen and oxygen atoms in total. The Bertz CT molecular complexity index is 618. The van der Waals surface area contributed by atoms with E-state index in [0.29, 0.717) is 16.7 Å². The molecule has 0 aliphatic carbocycles. The summed E-state index contributed by atoms with van der Waals surface area (Å²) in [4.78, 5) is 13.1. The van der Waals surface area contributed by atoms with Crippen LogP contribution in [0.4, 0.5) is 5.69 Å². The Hall–Kier alpha value is -0.590. The molecule has 0 atom stereocenters. The predicted molar refractivity (Wildman–Crippen MR) is 78.7 cm³/mol. The molecule has 0 saturated carbocycles. The number of halogens is 2. The highest BCUT2D eigenvalue weighted by molar-refractivity contribution is 9.11. The van der Waals surface area contributed by atoms with Crippen molar-refractivity contribution in [2.45, 2.75) is 13.5 Å². The number of pyridine rings is 1. The minimum atomic E-state index is -0.0544. The van der Waals surface area contributed by atoms with Crippen molar-refractivity contribution in [3.05, 3.63) is 47.4 Å². The zero-order chi connectivity index (χ0) is 12.6. The van der Waals surface area contributed by atoms with Crippen LogP contribution < -0.4 is 11.3 Å². The van der Waals surface area contributed by atoms with Crippen molar-refractivity contribution in [2.75, 3.05) is 5.73 Å². The second-order valence-electron chi connectivity index (χ2n) is 3.66. The van der Waals surface area contributed by atoms with Gasteiger partial charge >= 0.3 is 0 Å². The van der Waals surface area contributed by atoms with E-state index in [2.05, 4.69) is 31.9 Å². The first kappa shape index (κ1) is 12.9. The van der Waals surface area contributed by atoms with Gasteiger partial charge in [-0.25, -0.2) is 0 Å². The number of nitrogens with two attached hydrogens (primary N) is 1. The summed E-state index contributed by atoms with van der Waals surface area (Å²) in [5.41, 5.74) is 7.21. The summed E-state index contributed by atoms with van der Waals surface area (Å²) < 4.78 is 3.21. The van der Waals surface area contributed by atoms with E-state index in [-0.39, 0.29) is 5.56 Å². The van der Waals surface area contributed by atoms with Crippen LogP contribution in [-0.2, 0) is 6.54 Å². The van der Waals surface area contributed by atoms with Crippen molar-refractivity contribution in [1.29, 1.82) is 0 Å². The zero-order valence-electron chi connectivity index (χ0n) is 9.04. The molecule has 0 aliphatic rings. The molecular weight excluding hydrogens is 368 g/mol. The number of thiophene rings is 1. The van der Waals surface area contributed by atoms with Crippen molar-refractivity contribution in [1.82, 2.24) is 4.57 Å². The maximum atomic E-state index is 12.0. The highest BCUT2D eigenvalue weighted by Gasteiger charge is 2.09. The Morgan fingerprint density at radius 1 is 1.41 bits per heavy atom. The van der Waals surface area contributed by atoms with Gasteiger partial charge in [0.1, 0.15) is 0 Å². The SMILES string of the molecule is Cc1c(N)cn(Cc2ccc(Br)s2)c(=O)c1Br. The number of aromatic nitrogens is 1. The first-order valence-corrected chi connectivity index (χ1v) is 7.28. The van der Waals surface area contributed by atoms with Crippen molar-refractivity contribution < 1.29 is 0 Å². The summed E-state index contributed by atoms with van der Waals surface area (Å²) in [6, 6.07) is 3.96. The van der Waals surface area contributed by atoms with Crippen LogP contribution >= 0.6 is 43.2 Å². The van der Waals surface area contributed by atoms with Gasteiger partial charge in [-0.3, -0.25) is 4.79 Å². The molecule has 0 saturated heterocycles. The molecule has 0 amide bonds. The van der Waals surface area contributed by atoms with Crippen molar-refractivity contribution in [2.24, 2.45) is 0 Å². The second kappa shape index (κ2) is 4.96. The van der Waals surface area contributed by atoms with E-state index in [0.717, 1.165) is 14.2 Å². The molecule has 0 bridgehead atoms. The molecule has 2 aromatic rings. The van der Waals surface area contributed by atoms with Gasteiger partial charge in [-0.2, -0.15) is 0 Å². The summed E-state index contributed by atoms with van der Waals surface area (Å²) in [5, 5.41) is 0. The standard InChI is InChI=1S/C11H10Br2N2OS/c1-6-8(14)5-15(11(16)10(6)13)4-7-2-3-9(12)17-7/h2-3,5H,4,14H2,1H3. The summed E-state index contributed by atoms with van der Waals surface area (Å²) in [6.45, 7) is 2.37. The smallest absolute Gasteiger partial charge is 0.265 e. The van der Waals surface area contributed by atoms with Crippen molar-refractivity contribution >= 4 is 48.9 Å². The monoisotopic (exact) mass is 376 g/mol. The number of hydrogen-bond donors (Lipinski definition) is 1. The average Bonchev–Trinajstić information content (AvgIpc) is 2.69. The van der Waals surface area contributed by atoms with Gasteiger partial charge in [-0.05, 0) is 56.5 Å². The van der Waals surface area contributed by atoms with E-state index in [9.17, 15) is 4.79 Å². The van der Waals surface area contributed by atoms with Crippen LogP contribution in [0, 0.1) is 6.92 Å². The molecule has 0 aromatic carbocycles. The Labute approximate surface area is 120 Å². The molecule has 0 aliphatic heterocycles. The van der Waals surface area contributed by atoms with Crippen LogP contribution in [0.2, 0.25) is 0 Å². The fourth-order valence-electron chi connectivity index (χ4n) is 1.46. The van der Waals surface area contributed by atoms with Gasteiger partial charge in [0.2, 0.25) is 0 Å². The fraction of sp³-hybridized carbons (Fsp3) is 0.182. The van der Waals surface area contributed by atoms with Gasteiger partial charge in [-0.1, -0.05) is 0 Å². The number of rotatable bonds is 2. The molecule has 2 aromatic heterocycles. The van der Waals surface area contributed by atoms with Gasteiger partial charge in [0.15, 0.2) is 0 Å². The lowest BCUT2D eigenvalue weighted by Crippen LogP contribution is -2.22. The molecule has 0 spiro atoms. The molecular formula is C11H10Br2N2OS. The van der Waals surface area contributed by atoms with E-state index >= 15 is 0 Å². The molecule has 2 rings (SSSR count). The quantitative estimate of drug-likeness (QED) is 0.872. The first-order chi connectivity index (χ1) is 7.99. The summed E-state index contributed by atoms with van der Waals surface area (Å²) in [7, 11) is 0. The van der Waals surface area contributed by atoms with E-state index < -0.39 is 0 Å². The third kappa shape index (κ3) is 2.64. The average molecular weight is 378 g/mol. The normalized spacial score (nSPS) is 10.8. The maximum Gasteiger partial charge on any atom is 0.265 e. The van der Waals surface area contributed by atoms with E-state index in [4.69, 9.17) is 5.73 Å². The van der Waals surface area contributed by atoms with Gasteiger partial charge in [0.25, 0.3) is 5.56 Å². The van der Waals surface area contributed by atoms with E-state index in [1.54, 1.807) is 22.1 Å². The lowest BCUT2D eigenvalue weighted by Gasteiger charge is -2.09. The molecule has 2 heterocycles. The Morgan fingerprint density at radius 2 is 2.12 bits per heavy atom. The zero-order valence-corrected chi connectivity index (χ0v) is 13.0. The number of hydrogen-bond acceptors (Lipinski definition) is 3. The van der Waals surface area contributed by atoms with E-state index in [1.165, 1.54) is 0 Å². The van der Waals surface area contributed by atoms with Crippen LogP contribution in [-0.4, -0.2) is 4.57 Å². The summed E-state index contributed by atoms with van der Waals surface area (Å²) in [5.74, 6) is 0.